The number of hydrogen-bond donors (Lipinski definition) is 2. The van der Waals surface area contributed by atoms with Gasteiger partial charge >= 0.3 is 0 Å². The van der Waals surface area contributed by atoms with E-state index >= 15 is 0 Å². The van der Waals surface area contributed by atoms with Crippen LogP contribution >= 0.6 is 0 Å². The van der Waals surface area contributed by atoms with Crippen LogP contribution in [0.3, 0.4) is 0 Å². The topological polar surface area (TPSA) is 66.4 Å². The van der Waals surface area contributed by atoms with Crippen molar-refractivity contribution in [1.29, 1.82) is 0 Å². The third-order valence-corrected chi connectivity index (χ3v) is 4.33. The van der Waals surface area contributed by atoms with Crippen LogP contribution in [0.15, 0.2) is 28.5 Å². The highest BCUT2D eigenvalue weighted by molar-refractivity contribution is 7.95. The van der Waals surface area contributed by atoms with Crippen LogP contribution in [0.2, 0.25) is 0 Å². The summed E-state index contributed by atoms with van der Waals surface area (Å²) in [6.45, 7) is 0.852. The van der Waals surface area contributed by atoms with Crippen molar-refractivity contribution in [3.63, 3.8) is 0 Å². The summed E-state index contributed by atoms with van der Waals surface area (Å²) in [6.07, 6.45) is 1.61. The molecular formula is C12H15NO3S. The lowest BCUT2D eigenvalue weighted by molar-refractivity contribution is 0.473. The third kappa shape index (κ3) is 2.35. The number of fused-ring (bicyclic) bond motifs is 1. The fourth-order valence-electron chi connectivity index (χ4n) is 1.98. The van der Waals surface area contributed by atoms with E-state index in [1.807, 2.05) is 7.05 Å². The van der Waals surface area contributed by atoms with Gasteiger partial charge in [0, 0.05) is 5.41 Å². The van der Waals surface area contributed by atoms with E-state index in [9.17, 15) is 13.5 Å². The molecule has 0 aromatic heterocycles. The standard InChI is InChI=1S/C12H15NO3S/c1-13-6-2-3-9-8-17(15,16)12-7-10(14)4-5-11(9)12/h4-5,7-8,13-14H,2-3,6H2,1H3. The van der Waals surface area contributed by atoms with Gasteiger partial charge in [-0.15, -0.1) is 0 Å². The molecule has 1 aliphatic heterocycles. The molecule has 0 radical (unpaired) electrons. The lowest BCUT2D eigenvalue weighted by Gasteiger charge is -2.04. The Bertz CT molecular complexity index is 561. The molecule has 2 rings (SSSR count). The highest BCUT2D eigenvalue weighted by atomic mass is 32.2. The zero-order chi connectivity index (χ0) is 12.5. The Morgan fingerprint density at radius 2 is 2.12 bits per heavy atom. The van der Waals surface area contributed by atoms with E-state index < -0.39 is 9.84 Å². The van der Waals surface area contributed by atoms with E-state index in [4.69, 9.17) is 0 Å². The molecule has 0 amide bonds. The molecule has 0 atom stereocenters. The molecule has 0 saturated carbocycles. The molecule has 5 heteroatoms. The Kier molecular flexibility index (Phi) is 3.22. The molecule has 0 bridgehead atoms. The molecule has 0 unspecified atom stereocenters. The summed E-state index contributed by atoms with van der Waals surface area (Å²) in [5.41, 5.74) is 1.55. The number of allylic oxidation sites excluding steroid dienone is 1. The Labute approximate surface area is 101 Å². The van der Waals surface area contributed by atoms with Crippen LogP contribution in [0.4, 0.5) is 0 Å². The third-order valence-electron chi connectivity index (χ3n) is 2.79. The minimum atomic E-state index is -3.36. The highest BCUT2D eigenvalue weighted by Gasteiger charge is 2.26. The number of aromatic hydroxyl groups is 1. The Balaban J connectivity index is 2.33. The smallest absolute Gasteiger partial charge is 0.200 e. The Hall–Kier alpha value is -1.33. The summed E-state index contributed by atoms with van der Waals surface area (Å²) in [7, 11) is -1.49. The van der Waals surface area contributed by atoms with Crippen LogP contribution in [0.1, 0.15) is 18.4 Å². The number of phenols is 1. The maximum absolute atomic E-state index is 11.8. The second kappa shape index (κ2) is 4.50. The maximum Gasteiger partial charge on any atom is 0.200 e. The van der Waals surface area contributed by atoms with Crippen molar-refractivity contribution in [2.24, 2.45) is 0 Å². The molecule has 1 aromatic carbocycles. The fraction of sp³-hybridized carbons (Fsp3) is 0.333. The van der Waals surface area contributed by atoms with Crippen LogP contribution in [0.25, 0.3) is 5.57 Å². The molecule has 2 N–H and O–H groups in total. The van der Waals surface area contributed by atoms with Crippen molar-refractivity contribution in [2.75, 3.05) is 13.6 Å². The van der Waals surface area contributed by atoms with Gasteiger partial charge in [0.05, 0.1) is 4.90 Å². The lowest BCUT2D eigenvalue weighted by atomic mass is 10.0. The van der Waals surface area contributed by atoms with Gasteiger partial charge < -0.3 is 10.4 Å². The first kappa shape index (κ1) is 12.1. The largest absolute Gasteiger partial charge is 0.508 e. The summed E-state index contributed by atoms with van der Waals surface area (Å²) in [4.78, 5) is 0.219. The molecule has 0 fully saturated rings. The normalized spacial score (nSPS) is 16.6. The van der Waals surface area contributed by atoms with E-state index in [2.05, 4.69) is 5.32 Å². The number of sulfone groups is 1. The van der Waals surface area contributed by atoms with Gasteiger partial charge in [-0.05, 0) is 55.8 Å². The zero-order valence-corrected chi connectivity index (χ0v) is 10.4. The van der Waals surface area contributed by atoms with Gasteiger partial charge in [0.25, 0.3) is 0 Å². The van der Waals surface area contributed by atoms with Crippen molar-refractivity contribution in [3.8, 4) is 5.75 Å². The molecule has 1 aromatic rings. The molecule has 92 valence electrons. The van der Waals surface area contributed by atoms with Crippen molar-refractivity contribution in [2.45, 2.75) is 17.7 Å². The number of benzene rings is 1. The summed E-state index contributed by atoms with van der Waals surface area (Å²) < 4.78 is 23.7. The number of hydrogen-bond acceptors (Lipinski definition) is 4. The summed E-state index contributed by atoms with van der Waals surface area (Å²) in [5.74, 6) is -0.0165. The molecule has 1 heterocycles. The van der Waals surface area contributed by atoms with Gasteiger partial charge in [0.15, 0.2) is 0 Å². The van der Waals surface area contributed by atoms with Gasteiger partial charge in [-0.1, -0.05) is 0 Å². The average Bonchev–Trinajstić information content (AvgIpc) is 2.51. The van der Waals surface area contributed by atoms with Crippen LogP contribution in [-0.2, 0) is 9.84 Å². The second-order valence-corrected chi connectivity index (χ2v) is 5.84. The van der Waals surface area contributed by atoms with E-state index in [0.717, 1.165) is 30.5 Å². The Morgan fingerprint density at radius 1 is 1.35 bits per heavy atom. The van der Waals surface area contributed by atoms with Crippen LogP contribution in [0.5, 0.6) is 5.75 Å². The predicted molar refractivity (Wildman–Crippen MR) is 66.4 cm³/mol. The molecule has 0 saturated heterocycles. The monoisotopic (exact) mass is 253 g/mol. The summed E-state index contributed by atoms with van der Waals surface area (Å²) in [5, 5.41) is 13.7. The summed E-state index contributed by atoms with van der Waals surface area (Å²) >= 11 is 0. The molecule has 0 spiro atoms. The van der Waals surface area contributed by atoms with E-state index in [0.29, 0.717) is 0 Å². The first-order valence-corrected chi connectivity index (χ1v) is 7.03. The van der Waals surface area contributed by atoms with E-state index in [1.54, 1.807) is 6.07 Å². The zero-order valence-electron chi connectivity index (χ0n) is 9.60. The summed E-state index contributed by atoms with van der Waals surface area (Å²) in [6, 6.07) is 4.50. The molecule has 17 heavy (non-hydrogen) atoms. The van der Waals surface area contributed by atoms with E-state index in [-0.39, 0.29) is 10.6 Å². The number of phenolic OH excluding ortho intramolecular Hbond substituents is 1. The molecule has 1 aliphatic rings. The highest BCUT2D eigenvalue weighted by Crippen LogP contribution is 2.37. The predicted octanol–water partition coefficient (Wildman–Crippen LogP) is 1.52. The number of rotatable bonds is 4. The minimum absolute atomic E-state index is 0.0165. The first-order valence-electron chi connectivity index (χ1n) is 5.48. The van der Waals surface area contributed by atoms with Gasteiger partial charge in [-0.2, -0.15) is 0 Å². The number of nitrogens with one attached hydrogen (secondary N) is 1. The van der Waals surface area contributed by atoms with Gasteiger partial charge in [0.2, 0.25) is 9.84 Å². The lowest BCUT2D eigenvalue weighted by Crippen LogP contribution is -2.07. The first-order chi connectivity index (χ1) is 8.04. The van der Waals surface area contributed by atoms with Gasteiger partial charge in [0.1, 0.15) is 5.75 Å². The fourth-order valence-corrected chi connectivity index (χ4v) is 3.51. The van der Waals surface area contributed by atoms with Crippen LogP contribution in [-0.4, -0.2) is 27.1 Å². The average molecular weight is 253 g/mol. The van der Waals surface area contributed by atoms with Crippen LogP contribution in [0, 0.1) is 0 Å². The molecule has 0 aliphatic carbocycles. The quantitative estimate of drug-likeness (QED) is 0.798. The van der Waals surface area contributed by atoms with Crippen molar-refractivity contribution >= 4 is 15.4 Å². The Morgan fingerprint density at radius 3 is 2.82 bits per heavy atom. The molecule has 4 nitrogen and oxygen atoms in total. The SMILES string of the molecule is CNCCCC1=CS(=O)(=O)c2cc(O)ccc21. The minimum Gasteiger partial charge on any atom is -0.508 e. The van der Waals surface area contributed by atoms with Crippen molar-refractivity contribution in [3.05, 3.63) is 29.2 Å². The molecular weight excluding hydrogens is 238 g/mol. The van der Waals surface area contributed by atoms with Crippen LogP contribution < -0.4 is 5.32 Å². The van der Waals surface area contributed by atoms with Crippen molar-refractivity contribution in [1.82, 2.24) is 5.32 Å². The maximum atomic E-state index is 11.8. The van der Waals surface area contributed by atoms with E-state index in [1.165, 1.54) is 17.5 Å². The van der Waals surface area contributed by atoms with Gasteiger partial charge in [-0.3, -0.25) is 0 Å². The van der Waals surface area contributed by atoms with Gasteiger partial charge in [-0.25, -0.2) is 8.42 Å². The second-order valence-electron chi connectivity index (χ2n) is 4.08. The van der Waals surface area contributed by atoms with Crippen molar-refractivity contribution < 1.29 is 13.5 Å².